The Kier molecular flexibility index (Phi) is 9.54. The third kappa shape index (κ3) is 6.90. The van der Waals surface area contributed by atoms with Crippen LogP contribution in [-0.2, 0) is 0 Å². The van der Waals surface area contributed by atoms with Crippen molar-refractivity contribution in [2.24, 2.45) is 0 Å². The molecule has 0 aliphatic rings. The summed E-state index contributed by atoms with van der Waals surface area (Å²) in [5.74, 6) is 0. The van der Waals surface area contributed by atoms with Crippen LogP contribution in [0.2, 0.25) is 0 Å². The Labute approximate surface area is 395 Å². The van der Waals surface area contributed by atoms with Crippen LogP contribution in [0, 0.1) is 0 Å². The van der Waals surface area contributed by atoms with Crippen LogP contribution >= 0.6 is 0 Å². The van der Waals surface area contributed by atoms with Gasteiger partial charge in [-0.05, 0) is 146 Å². The summed E-state index contributed by atoms with van der Waals surface area (Å²) in [7, 11) is 0. The van der Waals surface area contributed by atoms with E-state index in [9.17, 15) is 0 Å². The summed E-state index contributed by atoms with van der Waals surface area (Å²) in [5.41, 5.74) is 21.4. The smallest absolute Gasteiger partial charge is 0.0547 e. The van der Waals surface area contributed by atoms with Gasteiger partial charge in [0.15, 0.2) is 0 Å². The lowest BCUT2D eigenvalue weighted by Gasteiger charge is -2.14. The van der Waals surface area contributed by atoms with Gasteiger partial charge in [0, 0.05) is 32.9 Å². The highest BCUT2D eigenvalue weighted by Crippen LogP contribution is 2.41. The number of fused-ring (bicyclic) bond motifs is 6. The lowest BCUT2D eigenvalue weighted by atomic mass is 9.93. The van der Waals surface area contributed by atoms with E-state index in [1.807, 2.05) is 0 Å². The minimum atomic E-state index is 1.13. The Hall–Kier alpha value is -8.98. The van der Waals surface area contributed by atoms with Crippen molar-refractivity contribution < 1.29 is 0 Å². The van der Waals surface area contributed by atoms with E-state index < -0.39 is 0 Å². The molecule has 0 saturated heterocycles. The number of benzene rings is 11. The molecule has 0 unspecified atom stereocenters. The molecule has 68 heavy (non-hydrogen) atoms. The molecule has 0 aliphatic heterocycles. The van der Waals surface area contributed by atoms with Crippen molar-refractivity contribution in [1.82, 2.24) is 9.13 Å². The van der Waals surface area contributed by atoms with E-state index in [4.69, 9.17) is 0 Å². The van der Waals surface area contributed by atoms with Gasteiger partial charge < -0.3 is 9.13 Å². The number of hydrogen-bond acceptors (Lipinski definition) is 0. The first kappa shape index (κ1) is 39.4. The quantitative estimate of drug-likeness (QED) is 0.144. The lowest BCUT2D eigenvalue weighted by Crippen LogP contribution is -1.96. The van der Waals surface area contributed by atoms with Crippen molar-refractivity contribution in [3.05, 3.63) is 267 Å². The maximum atomic E-state index is 2.46. The fourth-order valence-corrected chi connectivity index (χ4v) is 10.4. The topological polar surface area (TPSA) is 9.86 Å². The van der Waals surface area contributed by atoms with Crippen LogP contribution in [0.5, 0.6) is 0 Å². The standard InChI is InChI=1S/C66H44N2/c1-5-17-45(18-6-1)52-37-53(46-19-7-2-8-20-46)39-54(38-52)49-29-33-57(34-30-49)67-64-28-16-14-26-60(64)62-43-50(32-36-65(62)67)51-31-35-61-59-25-13-15-27-63(59)68(66(61)44-51)58-41-55(47-21-9-3-10-22-47)40-56(42-58)48-23-11-4-12-24-48/h1-44H. The molecule has 2 heteroatoms. The van der Waals surface area contributed by atoms with Gasteiger partial charge in [-0.3, -0.25) is 0 Å². The molecule has 0 N–H and O–H groups in total. The monoisotopic (exact) mass is 864 g/mol. The van der Waals surface area contributed by atoms with Gasteiger partial charge in [-0.1, -0.05) is 188 Å². The molecule has 0 amide bonds. The van der Waals surface area contributed by atoms with E-state index >= 15 is 0 Å². The van der Waals surface area contributed by atoms with E-state index in [2.05, 4.69) is 276 Å². The zero-order valence-electron chi connectivity index (χ0n) is 37.3. The van der Waals surface area contributed by atoms with Crippen molar-refractivity contribution in [2.45, 2.75) is 0 Å². The van der Waals surface area contributed by atoms with E-state index in [0.717, 1.165) is 11.4 Å². The number of rotatable bonds is 8. The second kappa shape index (κ2) is 16.5. The number of aromatic nitrogens is 2. The zero-order valence-corrected chi connectivity index (χ0v) is 37.3. The van der Waals surface area contributed by atoms with Gasteiger partial charge in [-0.25, -0.2) is 0 Å². The van der Waals surface area contributed by atoms with Crippen LogP contribution in [-0.4, -0.2) is 9.13 Å². The first-order chi connectivity index (χ1) is 33.7. The summed E-state index contributed by atoms with van der Waals surface area (Å²) < 4.78 is 4.88. The number of para-hydroxylation sites is 2. The molecule has 11 aromatic carbocycles. The summed E-state index contributed by atoms with van der Waals surface area (Å²) in [4.78, 5) is 0. The molecule has 0 saturated carbocycles. The highest BCUT2D eigenvalue weighted by Gasteiger charge is 2.18. The van der Waals surface area contributed by atoms with Gasteiger partial charge in [-0.15, -0.1) is 0 Å². The van der Waals surface area contributed by atoms with Crippen molar-refractivity contribution in [2.75, 3.05) is 0 Å². The average Bonchev–Trinajstić information content (AvgIpc) is 3.94. The largest absolute Gasteiger partial charge is 0.309 e. The fourth-order valence-electron chi connectivity index (χ4n) is 10.4. The Morgan fingerprint density at radius 1 is 0.162 bits per heavy atom. The highest BCUT2D eigenvalue weighted by molar-refractivity contribution is 6.12. The Bertz CT molecular complexity index is 3860. The Balaban J connectivity index is 0.923. The zero-order chi connectivity index (χ0) is 45.0. The maximum Gasteiger partial charge on any atom is 0.0547 e. The van der Waals surface area contributed by atoms with E-state index in [-0.39, 0.29) is 0 Å². The Morgan fingerprint density at radius 3 is 1.00 bits per heavy atom. The van der Waals surface area contributed by atoms with Gasteiger partial charge in [0.1, 0.15) is 0 Å². The second-order valence-electron chi connectivity index (χ2n) is 17.7. The Morgan fingerprint density at radius 2 is 0.500 bits per heavy atom. The van der Waals surface area contributed by atoms with Crippen LogP contribution in [0.4, 0.5) is 0 Å². The molecule has 0 radical (unpaired) electrons. The molecule has 13 aromatic rings. The molecule has 0 spiro atoms. The minimum Gasteiger partial charge on any atom is -0.309 e. The molecule has 0 fully saturated rings. The van der Waals surface area contributed by atoms with E-state index in [0.29, 0.717) is 0 Å². The van der Waals surface area contributed by atoms with Gasteiger partial charge in [0.2, 0.25) is 0 Å². The van der Waals surface area contributed by atoms with Gasteiger partial charge in [0.05, 0.1) is 22.1 Å². The molecular formula is C66H44N2. The molecule has 0 aliphatic carbocycles. The predicted molar refractivity (Wildman–Crippen MR) is 288 cm³/mol. The SMILES string of the molecule is c1ccc(-c2cc(-c3ccccc3)cc(-c3ccc(-n4c5ccccc5c5cc(-c6ccc7c8ccccc8n(-c8cc(-c9ccccc9)cc(-c9ccccc9)c8)c7c6)ccc54)cc3)c2)cc1. The molecule has 2 heterocycles. The molecule has 0 atom stereocenters. The summed E-state index contributed by atoms with van der Waals surface area (Å²) in [6, 6.07) is 97.5. The lowest BCUT2D eigenvalue weighted by molar-refractivity contribution is 1.18. The van der Waals surface area contributed by atoms with Crippen LogP contribution in [0.15, 0.2) is 267 Å². The highest BCUT2D eigenvalue weighted by atomic mass is 15.0. The van der Waals surface area contributed by atoms with Gasteiger partial charge in [0.25, 0.3) is 0 Å². The normalized spacial score (nSPS) is 11.5. The molecule has 318 valence electrons. The molecule has 0 bridgehead atoms. The first-order valence-corrected chi connectivity index (χ1v) is 23.4. The number of nitrogens with zero attached hydrogens (tertiary/aromatic N) is 2. The predicted octanol–water partition coefficient (Wildman–Crippen LogP) is 17.9. The van der Waals surface area contributed by atoms with Gasteiger partial charge >= 0.3 is 0 Å². The molecule has 2 nitrogen and oxygen atoms in total. The first-order valence-electron chi connectivity index (χ1n) is 23.4. The summed E-state index contributed by atoms with van der Waals surface area (Å²) in [6.07, 6.45) is 0. The fraction of sp³-hybridized carbons (Fsp3) is 0. The minimum absolute atomic E-state index is 1.13. The molecular weight excluding hydrogens is 821 g/mol. The summed E-state index contributed by atoms with van der Waals surface area (Å²) in [6.45, 7) is 0. The van der Waals surface area contributed by atoms with Crippen LogP contribution < -0.4 is 0 Å². The average molecular weight is 865 g/mol. The second-order valence-corrected chi connectivity index (χ2v) is 17.7. The molecule has 2 aromatic heterocycles. The van der Waals surface area contributed by atoms with Crippen molar-refractivity contribution in [1.29, 1.82) is 0 Å². The maximum absolute atomic E-state index is 2.46. The van der Waals surface area contributed by atoms with Crippen LogP contribution in [0.25, 0.3) is 122 Å². The van der Waals surface area contributed by atoms with Crippen molar-refractivity contribution >= 4 is 43.6 Å². The summed E-state index contributed by atoms with van der Waals surface area (Å²) >= 11 is 0. The van der Waals surface area contributed by atoms with Gasteiger partial charge in [-0.2, -0.15) is 0 Å². The van der Waals surface area contributed by atoms with E-state index in [1.54, 1.807) is 0 Å². The van der Waals surface area contributed by atoms with E-state index in [1.165, 1.54) is 110 Å². The van der Waals surface area contributed by atoms with Crippen molar-refractivity contribution in [3.8, 4) is 78.1 Å². The molecule has 13 rings (SSSR count). The summed E-state index contributed by atoms with van der Waals surface area (Å²) in [5, 5.41) is 4.94. The van der Waals surface area contributed by atoms with Crippen LogP contribution in [0.1, 0.15) is 0 Å². The third-order valence-electron chi connectivity index (χ3n) is 13.7. The number of hydrogen-bond donors (Lipinski definition) is 0. The van der Waals surface area contributed by atoms with Crippen LogP contribution in [0.3, 0.4) is 0 Å². The van der Waals surface area contributed by atoms with Crippen molar-refractivity contribution in [3.63, 3.8) is 0 Å². The third-order valence-corrected chi connectivity index (χ3v) is 13.7.